The number of guanidine groups is 1. The number of aliphatic imine (C=N–C) groups is 1. The molecule has 3 rings (SSSR count). The van der Waals surface area contributed by atoms with Crippen molar-refractivity contribution in [1.29, 1.82) is 0 Å². The Kier molecular flexibility index (Phi) is 9.70. The summed E-state index contributed by atoms with van der Waals surface area (Å²) in [5, 5.41) is 17.6. The first-order chi connectivity index (χ1) is 13.2. The second-order valence-corrected chi connectivity index (χ2v) is 8.49. The average molecular weight is 516 g/mol. The minimum absolute atomic E-state index is 0. The fourth-order valence-corrected chi connectivity index (χ4v) is 4.29. The van der Waals surface area contributed by atoms with Gasteiger partial charge >= 0.3 is 0 Å². The zero-order valence-corrected chi connectivity index (χ0v) is 20.2. The quantitative estimate of drug-likeness (QED) is 0.326. The maximum absolute atomic E-state index is 4.86. The van der Waals surface area contributed by atoms with Crippen LogP contribution in [0, 0.1) is 5.92 Å². The van der Waals surface area contributed by atoms with Crippen LogP contribution < -0.4 is 10.6 Å². The number of hydrogen-bond acceptors (Lipinski definition) is 4. The summed E-state index contributed by atoms with van der Waals surface area (Å²) >= 11 is 1.78. The summed E-state index contributed by atoms with van der Waals surface area (Å²) in [6, 6.07) is 5.04. The van der Waals surface area contributed by atoms with Crippen LogP contribution in [0.25, 0.3) is 0 Å². The van der Waals surface area contributed by atoms with Crippen molar-refractivity contribution in [1.82, 2.24) is 25.4 Å². The number of thiophene rings is 1. The molecule has 0 spiro atoms. The highest BCUT2D eigenvalue weighted by Crippen LogP contribution is 2.23. The van der Waals surface area contributed by atoms with E-state index in [0.717, 1.165) is 30.7 Å². The Morgan fingerprint density at radius 2 is 2.14 bits per heavy atom. The van der Waals surface area contributed by atoms with Crippen molar-refractivity contribution in [2.75, 3.05) is 6.54 Å². The standard InChI is InChI=1S/C20H32N6S.HI/c1-4-19-25-22-14-26(19)12-11-21-20(23-16(3)18-6-5-13-27-18)24-17-9-7-15(2)8-10-17;/h5-6,13-17H,4,7-12H2,1-3H3,(H2,21,23,24);1H. The lowest BCUT2D eigenvalue weighted by Gasteiger charge is -2.29. The number of nitrogens with one attached hydrogen (secondary N) is 2. The number of aromatic nitrogens is 3. The van der Waals surface area contributed by atoms with Gasteiger partial charge in [-0.1, -0.05) is 19.9 Å². The van der Waals surface area contributed by atoms with Crippen molar-refractivity contribution in [3.63, 3.8) is 0 Å². The van der Waals surface area contributed by atoms with Crippen molar-refractivity contribution in [2.24, 2.45) is 10.9 Å². The first-order valence-corrected chi connectivity index (χ1v) is 11.0. The van der Waals surface area contributed by atoms with E-state index < -0.39 is 0 Å². The summed E-state index contributed by atoms with van der Waals surface area (Å²) in [5.41, 5.74) is 0. The molecule has 0 saturated heterocycles. The molecule has 0 bridgehead atoms. The third-order valence-electron chi connectivity index (χ3n) is 5.30. The van der Waals surface area contributed by atoms with Crippen LogP contribution in [0.15, 0.2) is 28.8 Å². The van der Waals surface area contributed by atoms with Gasteiger partial charge in [0.05, 0.1) is 12.6 Å². The monoisotopic (exact) mass is 516 g/mol. The Labute approximate surface area is 189 Å². The number of rotatable bonds is 7. The van der Waals surface area contributed by atoms with Crippen molar-refractivity contribution in [3.05, 3.63) is 34.5 Å². The first-order valence-electron chi connectivity index (χ1n) is 10.1. The highest BCUT2D eigenvalue weighted by Gasteiger charge is 2.20. The highest BCUT2D eigenvalue weighted by molar-refractivity contribution is 14.0. The molecule has 1 fully saturated rings. The smallest absolute Gasteiger partial charge is 0.192 e. The van der Waals surface area contributed by atoms with E-state index in [0.29, 0.717) is 12.6 Å². The van der Waals surface area contributed by atoms with Gasteiger partial charge in [-0.3, -0.25) is 4.99 Å². The van der Waals surface area contributed by atoms with Crippen molar-refractivity contribution >= 4 is 41.3 Å². The second-order valence-electron chi connectivity index (χ2n) is 7.51. The van der Waals surface area contributed by atoms with E-state index in [9.17, 15) is 0 Å². The van der Waals surface area contributed by atoms with Crippen molar-refractivity contribution in [2.45, 2.75) is 71.5 Å². The van der Waals surface area contributed by atoms with Gasteiger partial charge < -0.3 is 15.2 Å². The summed E-state index contributed by atoms with van der Waals surface area (Å²) in [4.78, 5) is 6.19. The molecule has 2 N–H and O–H groups in total. The van der Waals surface area contributed by atoms with E-state index >= 15 is 0 Å². The molecular weight excluding hydrogens is 483 g/mol. The normalized spacial score (nSPS) is 21.0. The molecule has 0 amide bonds. The van der Waals surface area contributed by atoms with E-state index in [1.54, 1.807) is 17.7 Å². The summed E-state index contributed by atoms with van der Waals surface area (Å²) in [7, 11) is 0. The SMILES string of the molecule is CCc1nncn1CCN=C(NC1CCC(C)CC1)NC(C)c1cccs1.I. The molecule has 1 saturated carbocycles. The van der Waals surface area contributed by atoms with E-state index in [1.807, 2.05) is 0 Å². The Bertz CT molecular complexity index is 706. The van der Waals surface area contributed by atoms with E-state index in [2.05, 4.69) is 63.7 Å². The van der Waals surface area contributed by atoms with Crippen molar-refractivity contribution < 1.29 is 0 Å². The van der Waals surface area contributed by atoms with Crippen LogP contribution in [0.5, 0.6) is 0 Å². The second kappa shape index (κ2) is 11.7. The van der Waals surface area contributed by atoms with Gasteiger partial charge in [-0.25, -0.2) is 0 Å². The van der Waals surface area contributed by atoms with Gasteiger partial charge in [-0.05, 0) is 50.0 Å². The molecule has 8 heteroatoms. The largest absolute Gasteiger partial charge is 0.354 e. The summed E-state index contributed by atoms with van der Waals surface area (Å²) in [5.74, 6) is 2.78. The summed E-state index contributed by atoms with van der Waals surface area (Å²) < 4.78 is 2.09. The molecule has 156 valence electrons. The number of halogens is 1. The van der Waals surface area contributed by atoms with Crippen LogP contribution >= 0.6 is 35.3 Å². The molecule has 0 aliphatic heterocycles. The summed E-state index contributed by atoms with van der Waals surface area (Å²) in [6.45, 7) is 8.16. The first kappa shape index (κ1) is 23.1. The van der Waals surface area contributed by atoms with Crippen LogP contribution in [-0.4, -0.2) is 33.3 Å². The minimum Gasteiger partial charge on any atom is -0.354 e. The Morgan fingerprint density at radius 3 is 2.82 bits per heavy atom. The van der Waals surface area contributed by atoms with Crippen LogP contribution in [0.1, 0.15) is 63.2 Å². The third-order valence-corrected chi connectivity index (χ3v) is 6.36. The molecule has 0 radical (unpaired) electrons. The highest BCUT2D eigenvalue weighted by atomic mass is 127. The number of nitrogens with zero attached hydrogens (tertiary/aromatic N) is 4. The van der Waals surface area contributed by atoms with Gasteiger partial charge in [0.15, 0.2) is 5.96 Å². The van der Waals surface area contributed by atoms with E-state index in [4.69, 9.17) is 4.99 Å². The van der Waals surface area contributed by atoms with E-state index in [-0.39, 0.29) is 30.0 Å². The zero-order valence-electron chi connectivity index (χ0n) is 17.1. The summed E-state index contributed by atoms with van der Waals surface area (Å²) in [6.07, 6.45) is 7.73. The number of hydrogen-bond donors (Lipinski definition) is 2. The third kappa shape index (κ3) is 6.72. The molecule has 1 unspecified atom stereocenters. The van der Waals surface area contributed by atoms with Gasteiger partial charge in [-0.2, -0.15) is 0 Å². The van der Waals surface area contributed by atoms with Gasteiger partial charge in [-0.15, -0.1) is 45.5 Å². The van der Waals surface area contributed by atoms with Gasteiger partial charge in [0.2, 0.25) is 0 Å². The van der Waals surface area contributed by atoms with Crippen LogP contribution in [0.4, 0.5) is 0 Å². The minimum atomic E-state index is 0. The van der Waals surface area contributed by atoms with Gasteiger partial charge in [0.25, 0.3) is 0 Å². The molecule has 1 atom stereocenters. The predicted octanol–water partition coefficient (Wildman–Crippen LogP) is 4.40. The molecule has 1 aliphatic rings. The fourth-order valence-electron chi connectivity index (χ4n) is 3.55. The topological polar surface area (TPSA) is 67.1 Å². The van der Waals surface area contributed by atoms with E-state index in [1.165, 1.54) is 30.6 Å². The molecule has 1 aliphatic carbocycles. The molecular formula is C20H33IN6S. The Balaban J connectivity index is 0.00000280. The molecule has 2 aromatic heterocycles. The van der Waals surface area contributed by atoms with Crippen LogP contribution in [-0.2, 0) is 13.0 Å². The van der Waals surface area contributed by atoms with Gasteiger partial charge in [0.1, 0.15) is 12.2 Å². The Hall–Kier alpha value is -1.16. The fraction of sp³-hybridized carbons (Fsp3) is 0.650. The Morgan fingerprint density at radius 1 is 1.36 bits per heavy atom. The maximum Gasteiger partial charge on any atom is 0.192 e. The lowest BCUT2D eigenvalue weighted by atomic mass is 9.87. The molecule has 2 aromatic rings. The van der Waals surface area contributed by atoms with Gasteiger partial charge in [0, 0.05) is 23.9 Å². The predicted molar refractivity (Wildman–Crippen MR) is 128 cm³/mol. The lowest BCUT2D eigenvalue weighted by Crippen LogP contribution is -2.45. The average Bonchev–Trinajstić information content (AvgIpc) is 3.35. The number of aryl methyl sites for hydroxylation is 1. The lowest BCUT2D eigenvalue weighted by molar-refractivity contribution is 0.328. The van der Waals surface area contributed by atoms with Crippen molar-refractivity contribution in [3.8, 4) is 0 Å². The molecule has 2 heterocycles. The molecule has 0 aromatic carbocycles. The molecule has 28 heavy (non-hydrogen) atoms. The molecule has 6 nitrogen and oxygen atoms in total. The zero-order chi connectivity index (χ0) is 19.1. The maximum atomic E-state index is 4.86. The van der Waals surface area contributed by atoms with Crippen LogP contribution in [0.3, 0.4) is 0 Å². The van der Waals surface area contributed by atoms with Crippen LogP contribution in [0.2, 0.25) is 0 Å².